The molecule has 2 nitrogen and oxygen atoms in total. The smallest absolute Gasteiger partial charge is 0.0339 e. The molecule has 0 saturated carbocycles. The Morgan fingerprint density at radius 2 is 1.88 bits per heavy atom. The van der Waals surface area contributed by atoms with E-state index in [2.05, 4.69) is 16.4 Å². The van der Waals surface area contributed by atoms with Gasteiger partial charge in [-0.3, -0.25) is 4.90 Å². The lowest BCUT2D eigenvalue weighted by Gasteiger charge is -2.32. The van der Waals surface area contributed by atoms with Gasteiger partial charge in [-0.1, -0.05) is 24.6 Å². The Hall–Kier alpha value is -0.0500. The number of halogens is 1. The fourth-order valence-electron chi connectivity index (χ4n) is 2.97. The summed E-state index contributed by atoms with van der Waals surface area (Å²) in [6, 6.07) is 0.716. The maximum Gasteiger partial charge on any atom is 0.0339 e. The highest BCUT2D eigenvalue weighted by molar-refractivity contribution is 6.29. The van der Waals surface area contributed by atoms with Crippen molar-refractivity contribution in [3.8, 4) is 0 Å². The van der Waals surface area contributed by atoms with E-state index in [1.165, 1.54) is 58.3 Å². The van der Waals surface area contributed by atoms with Gasteiger partial charge in [0.2, 0.25) is 0 Å². The molecule has 0 N–H and O–H groups in total. The zero-order chi connectivity index (χ0) is 11.4. The molecule has 0 radical (unpaired) electrons. The predicted molar refractivity (Wildman–Crippen MR) is 69.9 cm³/mol. The minimum atomic E-state index is 0.716. The topological polar surface area (TPSA) is 6.48 Å². The van der Waals surface area contributed by atoms with E-state index in [1.807, 2.05) is 0 Å². The van der Waals surface area contributed by atoms with E-state index in [9.17, 15) is 0 Å². The van der Waals surface area contributed by atoms with Gasteiger partial charge in [-0.2, -0.15) is 0 Å². The second-order valence-electron chi connectivity index (χ2n) is 5.15. The average Bonchev–Trinajstić information content (AvgIpc) is 2.66. The molecule has 0 aromatic carbocycles. The molecule has 0 spiro atoms. The van der Waals surface area contributed by atoms with Crippen LogP contribution >= 0.6 is 11.6 Å². The second-order valence-corrected chi connectivity index (χ2v) is 5.68. The van der Waals surface area contributed by atoms with Gasteiger partial charge < -0.3 is 4.90 Å². The maximum atomic E-state index is 5.92. The molecule has 1 atom stereocenters. The molecule has 0 amide bonds. The second kappa shape index (κ2) is 6.04. The van der Waals surface area contributed by atoms with E-state index in [0.717, 1.165) is 11.6 Å². The van der Waals surface area contributed by atoms with Crippen LogP contribution in [0.1, 0.15) is 32.1 Å². The molecule has 0 aliphatic carbocycles. The van der Waals surface area contributed by atoms with Crippen LogP contribution in [-0.2, 0) is 0 Å². The van der Waals surface area contributed by atoms with E-state index in [-0.39, 0.29) is 0 Å². The van der Waals surface area contributed by atoms with E-state index >= 15 is 0 Å². The Morgan fingerprint density at radius 1 is 1.12 bits per heavy atom. The molecule has 16 heavy (non-hydrogen) atoms. The molecule has 0 aromatic rings. The van der Waals surface area contributed by atoms with Crippen molar-refractivity contribution in [1.29, 1.82) is 0 Å². The molecule has 0 bridgehead atoms. The maximum absolute atomic E-state index is 5.92. The first-order valence-electron chi connectivity index (χ1n) is 6.55. The number of rotatable bonds is 4. The third kappa shape index (κ3) is 3.47. The Bertz CT molecular complexity index is 236. The van der Waals surface area contributed by atoms with Crippen LogP contribution in [0.5, 0.6) is 0 Å². The summed E-state index contributed by atoms with van der Waals surface area (Å²) < 4.78 is 0. The summed E-state index contributed by atoms with van der Waals surface area (Å²) in [4.78, 5) is 5.13. The number of hydrogen-bond acceptors (Lipinski definition) is 2. The average molecular weight is 243 g/mol. The van der Waals surface area contributed by atoms with Crippen LogP contribution in [0, 0.1) is 0 Å². The number of hydrogen-bond donors (Lipinski definition) is 0. The Kier molecular flexibility index (Phi) is 4.68. The van der Waals surface area contributed by atoms with Crippen LogP contribution in [0.15, 0.2) is 11.6 Å². The van der Waals surface area contributed by atoms with Crippen LogP contribution in [0.25, 0.3) is 0 Å². The van der Waals surface area contributed by atoms with E-state index < -0.39 is 0 Å². The predicted octanol–water partition coefficient (Wildman–Crippen LogP) is 2.69. The summed E-state index contributed by atoms with van der Waals surface area (Å²) in [5.74, 6) is 0. The molecule has 2 rings (SSSR count). The molecule has 3 heteroatoms. The summed E-state index contributed by atoms with van der Waals surface area (Å²) in [6.45, 7) is 9.72. The monoisotopic (exact) mass is 242 g/mol. The summed E-state index contributed by atoms with van der Waals surface area (Å²) in [6.07, 6.45) is 6.84. The lowest BCUT2D eigenvalue weighted by Crippen LogP contribution is -2.42. The van der Waals surface area contributed by atoms with Crippen LogP contribution < -0.4 is 0 Å². The van der Waals surface area contributed by atoms with Crippen molar-refractivity contribution in [2.45, 2.75) is 38.1 Å². The summed E-state index contributed by atoms with van der Waals surface area (Å²) in [5, 5.41) is 0.783. The van der Waals surface area contributed by atoms with Gasteiger partial charge in [0.25, 0.3) is 0 Å². The minimum Gasteiger partial charge on any atom is -0.302 e. The van der Waals surface area contributed by atoms with Crippen LogP contribution in [0.2, 0.25) is 0 Å². The van der Waals surface area contributed by atoms with Crippen molar-refractivity contribution >= 4 is 11.6 Å². The minimum absolute atomic E-state index is 0.716. The molecule has 2 saturated heterocycles. The van der Waals surface area contributed by atoms with Gasteiger partial charge in [-0.05, 0) is 45.3 Å². The Labute approximate surface area is 104 Å². The van der Waals surface area contributed by atoms with Gasteiger partial charge in [0.15, 0.2) is 0 Å². The van der Waals surface area contributed by atoms with Gasteiger partial charge in [-0.15, -0.1) is 0 Å². The molecule has 0 unspecified atom stereocenters. The van der Waals surface area contributed by atoms with E-state index in [1.54, 1.807) is 0 Å². The van der Waals surface area contributed by atoms with Crippen molar-refractivity contribution in [2.24, 2.45) is 0 Å². The fraction of sp³-hybridized carbons (Fsp3) is 0.846. The lowest BCUT2D eigenvalue weighted by atomic mass is 10.1. The highest BCUT2D eigenvalue weighted by Gasteiger charge is 2.26. The molecule has 0 aromatic heterocycles. The Morgan fingerprint density at radius 3 is 2.56 bits per heavy atom. The highest BCUT2D eigenvalue weighted by atomic mass is 35.5. The SMILES string of the molecule is C=C(Cl)CN1CCC[C@H]1CN1CCCCC1. The first-order chi connectivity index (χ1) is 7.75. The standard InChI is InChI=1S/C13H23ClN2/c1-12(14)10-16-9-5-6-13(16)11-15-7-3-2-4-8-15/h13H,1-11H2/t13-/m0/s1. The molecule has 2 fully saturated rings. The fourth-order valence-corrected chi connectivity index (χ4v) is 3.12. The molecular weight excluding hydrogens is 220 g/mol. The number of nitrogens with zero attached hydrogens (tertiary/aromatic N) is 2. The van der Waals surface area contributed by atoms with Crippen LogP contribution in [0.3, 0.4) is 0 Å². The first-order valence-corrected chi connectivity index (χ1v) is 6.93. The Balaban J connectivity index is 1.80. The summed E-state index contributed by atoms with van der Waals surface area (Å²) >= 11 is 5.92. The highest BCUT2D eigenvalue weighted by Crippen LogP contribution is 2.21. The zero-order valence-electron chi connectivity index (χ0n) is 10.1. The lowest BCUT2D eigenvalue weighted by molar-refractivity contribution is 0.161. The zero-order valence-corrected chi connectivity index (χ0v) is 10.9. The quantitative estimate of drug-likeness (QED) is 0.748. The largest absolute Gasteiger partial charge is 0.302 e. The van der Waals surface area contributed by atoms with Crippen molar-refractivity contribution in [1.82, 2.24) is 9.80 Å². The third-order valence-electron chi connectivity index (χ3n) is 3.79. The normalized spacial score (nSPS) is 28.4. The van der Waals surface area contributed by atoms with Gasteiger partial charge in [0.05, 0.1) is 0 Å². The molecule has 2 aliphatic rings. The van der Waals surface area contributed by atoms with Crippen LogP contribution in [-0.4, -0.2) is 48.6 Å². The van der Waals surface area contributed by atoms with Gasteiger partial charge >= 0.3 is 0 Å². The molecule has 92 valence electrons. The van der Waals surface area contributed by atoms with Crippen molar-refractivity contribution < 1.29 is 0 Å². The molecule has 2 heterocycles. The number of piperidine rings is 1. The summed E-state index contributed by atoms with van der Waals surface area (Å²) in [5.41, 5.74) is 0. The van der Waals surface area contributed by atoms with Crippen LogP contribution in [0.4, 0.5) is 0 Å². The van der Waals surface area contributed by atoms with Gasteiger partial charge in [0, 0.05) is 24.2 Å². The molecular formula is C13H23ClN2. The van der Waals surface area contributed by atoms with E-state index in [4.69, 9.17) is 11.6 Å². The van der Waals surface area contributed by atoms with Crippen molar-refractivity contribution in [2.75, 3.05) is 32.7 Å². The number of likely N-dealkylation sites (tertiary alicyclic amines) is 2. The van der Waals surface area contributed by atoms with Crippen molar-refractivity contribution in [3.63, 3.8) is 0 Å². The van der Waals surface area contributed by atoms with Crippen molar-refractivity contribution in [3.05, 3.63) is 11.6 Å². The van der Waals surface area contributed by atoms with E-state index in [0.29, 0.717) is 6.04 Å². The first kappa shape index (κ1) is 12.4. The molecule has 2 aliphatic heterocycles. The summed E-state index contributed by atoms with van der Waals surface area (Å²) in [7, 11) is 0. The van der Waals surface area contributed by atoms with Gasteiger partial charge in [0.1, 0.15) is 0 Å². The van der Waals surface area contributed by atoms with Gasteiger partial charge in [-0.25, -0.2) is 0 Å². The third-order valence-corrected chi connectivity index (χ3v) is 3.91.